The monoisotopic (exact) mass is 483 g/mol. The van der Waals surface area contributed by atoms with Crippen molar-refractivity contribution in [1.82, 2.24) is 4.90 Å². The van der Waals surface area contributed by atoms with E-state index in [1.165, 1.54) is 46.2 Å². The maximum Gasteiger partial charge on any atom is 0.257 e. The molecule has 0 aromatic heterocycles. The summed E-state index contributed by atoms with van der Waals surface area (Å²) < 4.78 is 25.2. The molecule has 2 aliphatic heterocycles. The highest BCUT2D eigenvalue weighted by Gasteiger charge is 2.33. The highest BCUT2D eigenvalue weighted by Crippen LogP contribution is 2.24. The molecule has 0 saturated carbocycles. The molecule has 4 rings (SSSR count). The smallest absolute Gasteiger partial charge is 0.257 e. The Bertz CT molecular complexity index is 1130. The third-order valence-electron chi connectivity index (χ3n) is 5.65. The lowest BCUT2D eigenvalue weighted by Gasteiger charge is -2.32. The van der Waals surface area contributed by atoms with Crippen LogP contribution in [0.25, 0.3) is 0 Å². The molecule has 183 valence electrons. The number of hydrogen-bond acceptors (Lipinski definition) is 6. The largest absolute Gasteiger partial charge is 0.378 e. The molecule has 3 N–H and O–H groups in total. The van der Waals surface area contributed by atoms with Crippen molar-refractivity contribution in [2.24, 2.45) is 5.73 Å². The van der Waals surface area contributed by atoms with Gasteiger partial charge in [0.1, 0.15) is 11.9 Å². The molecular formula is C24H24FN4O6. The first-order valence-electron chi connectivity index (χ1n) is 11.0. The fraction of sp³-hybridized carbons (Fsp3) is 0.292. The molecule has 2 aromatic rings. The number of halogens is 1. The van der Waals surface area contributed by atoms with E-state index in [9.17, 15) is 23.6 Å². The van der Waals surface area contributed by atoms with Crippen LogP contribution in [0.3, 0.4) is 0 Å². The van der Waals surface area contributed by atoms with Gasteiger partial charge in [0, 0.05) is 36.6 Å². The van der Waals surface area contributed by atoms with Gasteiger partial charge in [0.2, 0.25) is 11.8 Å². The summed E-state index contributed by atoms with van der Waals surface area (Å²) in [7, 11) is 0. The zero-order chi connectivity index (χ0) is 24.9. The molecule has 10 nitrogen and oxygen atoms in total. The molecule has 2 aromatic carbocycles. The first-order chi connectivity index (χ1) is 16.8. The summed E-state index contributed by atoms with van der Waals surface area (Å²) in [6.07, 6.45) is -0.0723. The van der Waals surface area contributed by atoms with Gasteiger partial charge in [0.25, 0.3) is 11.8 Å². The van der Waals surface area contributed by atoms with E-state index in [1.807, 2.05) is 0 Å². The Morgan fingerprint density at radius 3 is 2.43 bits per heavy atom. The van der Waals surface area contributed by atoms with Gasteiger partial charge in [-0.25, -0.2) is 4.39 Å². The maximum atomic E-state index is 14.5. The molecule has 2 fully saturated rings. The molecule has 35 heavy (non-hydrogen) atoms. The van der Waals surface area contributed by atoms with Crippen molar-refractivity contribution >= 4 is 35.0 Å². The number of morpholine rings is 2. The zero-order valence-corrected chi connectivity index (χ0v) is 18.7. The third-order valence-corrected chi connectivity index (χ3v) is 5.65. The van der Waals surface area contributed by atoms with E-state index in [0.29, 0.717) is 43.2 Å². The molecule has 0 bridgehead atoms. The van der Waals surface area contributed by atoms with Crippen LogP contribution in [0.5, 0.6) is 0 Å². The molecule has 4 amide bonds. The fourth-order valence-electron chi connectivity index (χ4n) is 3.80. The number of nitrogens with two attached hydrogens (primary N) is 1. The molecule has 0 spiro atoms. The van der Waals surface area contributed by atoms with Gasteiger partial charge in [-0.15, -0.1) is 0 Å². The third kappa shape index (κ3) is 5.64. The van der Waals surface area contributed by atoms with Gasteiger partial charge < -0.3 is 30.3 Å². The van der Waals surface area contributed by atoms with Crippen LogP contribution in [0.15, 0.2) is 42.5 Å². The van der Waals surface area contributed by atoms with Crippen LogP contribution in [0.4, 0.5) is 15.8 Å². The summed E-state index contributed by atoms with van der Waals surface area (Å²) in [4.78, 5) is 52.3. The zero-order valence-electron chi connectivity index (χ0n) is 18.7. The van der Waals surface area contributed by atoms with Crippen molar-refractivity contribution in [3.05, 3.63) is 65.8 Å². The number of primary amides is 1. The Hall–Kier alpha value is -3.83. The number of carbonyl (C=O) groups is 4. The van der Waals surface area contributed by atoms with Gasteiger partial charge in [-0.3, -0.25) is 19.2 Å². The van der Waals surface area contributed by atoms with Crippen molar-refractivity contribution in [3.8, 4) is 0 Å². The standard InChI is InChI=1S/C24H24FN4O6/c25-19-6-5-17(13-18(19)23(32)28-7-10-34-11-8-28)29-9-12-35-20(24(29)33)14-21(30)27-16-3-1-15(2-4-16)22(26)31/h1-6,13-14,20H,7-12H2,(H2,26,31)(H,27,30)/t20-/m1/s1. The van der Waals surface area contributed by atoms with Crippen molar-refractivity contribution in [3.63, 3.8) is 0 Å². The van der Waals surface area contributed by atoms with Gasteiger partial charge in [0.05, 0.1) is 31.8 Å². The first kappa shape index (κ1) is 24.3. The lowest BCUT2D eigenvalue weighted by Crippen LogP contribution is -2.49. The van der Waals surface area contributed by atoms with Crippen LogP contribution >= 0.6 is 0 Å². The fourth-order valence-corrected chi connectivity index (χ4v) is 3.80. The minimum absolute atomic E-state index is 0.137. The molecule has 2 aliphatic rings. The van der Waals surface area contributed by atoms with Gasteiger partial charge in [-0.2, -0.15) is 0 Å². The highest BCUT2D eigenvalue weighted by atomic mass is 19.1. The van der Waals surface area contributed by atoms with Crippen LogP contribution in [0, 0.1) is 12.2 Å². The molecular weight excluding hydrogens is 459 g/mol. The topological polar surface area (TPSA) is 131 Å². The molecule has 2 saturated heterocycles. The summed E-state index contributed by atoms with van der Waals surface area (Å²) in [6.45, 7) is 1.79. The van der Waals surface area contributed by atoms with E-state index < -0.39 is 35.5 Å². The SMILES string of the molecule is NC(=O)c1ccc(NC(=O)[CH][C@H]2OCCN(c3ccc(F)c(C(=O)N4CCOCC4)c3)C2=O)cc1. The molecule has 11 heteroatoms. The van der Waals surface area contributed by atoms with E-state index in [0.717, 1.165) is 12.5 Å². The second kappa shape index (κ2) is 10.6. The van der Waals surface area contributed by atoms with Crippen molar-refractivity contribution in [2.75, 3.05) is 49.7 Å². The first-order valence-corrected chi connectivity index (χ1v) is 11.0. The van der Waals surface area contributed by atoms with Crippen LogP contribution in [0.1, 0.15) is 20.7 Å². The number of nitrogens with zero attached hydrogens (tertiary/aromatic N) is 2. The van der Waals surface area contributed by atoms with Gasteiger partial charge in [-0.1, -0.05) is 0 Å². The molecule has 2 heterocycles. The Kier molecular flexibility index (Phi) is 7.37. The quantitative estimate of drug-likeness (QED) is 0.630. The van der Waals surface area contributed by atoms with E-state index >= 15 is 0 Å². The van der Waals surface area contributed by atoms with Crippen LogP contribution in [-0.4, -0.2) is 74.1 Å². The molecule has 1 radical (unpaired) electrons. The molecule has 1 atom stereocenters. The number of amides is 4. The number of ether oxygens (including phenoxy) is 2. The average Bonchev–Trinajstić information content (AvgIpc) is 2.86. The van der Waals surface area contributed by atoms with E-state index in [-0.39, 0.29) is 18.7 Å². The number of nitrogens with one attached hydrogen (secondary N) is 1. The van der Waals surface area contributed by atoms with Crippen molar-refractivity contribution in [2.45, 2.75) is 6.10 Å². The Balaban J connectivity index is 1.43. The predicted molar refractivity (Wildman–Crippen MR) is 123 cm³/mol. The number of anilines is 2. The molecule has 0 aliphatic carbocycles. The number of hydrogen-bond donors (Lipinski definition) is 2. The average molecular weight is 483 g/mol. The number of carbonyl (C=O) groups excluding carboxylic acids is 4. The summed E-state index contributed by atoms with van der Waals surface area (Å²) in [5.41, 5.74) is 6.09. The lowest BCUT2D eigenvalue weighted by atomic mass is 10.1. The summed E-state index contributed by atoms with van der Waals surface area (Å²) in [6, 6.07) is 9.84. The summed E-state index contributed by atoms with van der Waals surface area (Å²) in [5.74, 6) is -2.86. The Labute approximate surface area is 200 Å². The Morgan fingerprint density at radius 2 is 1.74 bits per heavy atom. The maximum absolute atomic E-state index is 14.5. The van der Waals surface area contributed by atoms with Gasteiger partial charge in [-0.05, 0) is 42.5 Å². The lowest BCUT2D eigenvalue weighted by molar-refractivity contribution is -0.133. The van der Waals surface area contributed by atoms with E-state index in [2.05, 4.69) is 5.32 Å². The molecule has 0 unspecified atom stereocenters. The number of rotatable bonds is 6. The highest BCUT2D eigenvalue weighted by molar-refractivity contribution is 6.07. The second-order valence-corrected chi connectivity index (χ2v) is 7.95. The van der Waals surface area contributed by atoms with Crippen molar-refractivity contribution < 1.29 is 33.0 Å². The summed E-state index contributed by atoms with van der Waals surface area (Å²) >= 11 is 0. The second-order valence-electron chi connectivity index (χ2n) is 7.95. The van der Waals surface area contributed by atoms with E-state index in [1.54, 1.807) is 0 Å². The number of benzene rings is 2. The van der Waals surface area contributed by atoms with Crippen LogP contribution in [-0.2, 0) is 19.1 Å². The normalized spacial score (nSPS) is 18.3. The van der Waals surface area contributed by atoms with E-state index in [4.69, 9.17) is 15.2 Å². The van der Waals surface area contributed by atoms with Gasteiger partial charge >= 0.3 is 0 Å². The minimum atomic E-state index is -1.17. The van der Waals surface area contributed by atoms with Gasteiger partial charge in [0.15, 0.2) is 0 Å². The Morgan fingerprint density at radius 1 is 1.03 bits per heavy atom. The summed E-state index contributed by atoms with van der Waals surface area (Å²) in [5, 5.41) is 2.59. The predicted octanol–water partition coefficient (Wildman–Crippen LogP) is 0.972. The van der Waals surface area contributed by atoms with Crippen molar-refractivity contribution in [1.29, 1.82) is 0 Å². The van der Waals surface area contributed by atoms with Crippen LogP contribution < -0.4 is 16.0 Å². The minimum Gasteiger partial charge on any atom is -0.378 e. The van der Waals surface area contributed by atoms with Crippen LogP contribution in [0.2, 0.25) is 0 Å².